The molecule has 0 spiro atoms. The molecule has 0 radical (unpaired) electrons. The Bertz CT molecular complexity index is 281. The maximum atomic E-state index is 11.0. The first-order valence-corrected chi connectivity index (χ1v) is 3.71. The molecule has 1 aromatic rings. The molecule has 3 heteroatoms. The van der Waals surface area contributed by atoms with Crippen molar-refractivity contribution in [1.29, 1.82) is 0 Å². The van der Waals surface area contributed by atoms with Crippen LogP contribution in [0.1, 0.15) is 11.7 Å². The molecule has 0 N–H and O–H groups in total. The van der Waals surface area contributed by atoms with Gasteiger partial charge in [-0.05, 0) is 5.56 Å². The summed E-state index contributed by atoms with van der Waals surface area (Å²) in [5.41, 5.74) is 0.847. The van der Waals surface area contributed by atoms with Crippen LogP contribution in [0.4, 0.5) is 0 Å². The van der Waals surface area contributed by atoms with Crippen LogP contribution >= 0.6 is 0 Å². The third-order valence-electron chi connectivity index (χ3n) is 1.75. The van der Waals surface area contributed by atoms with Crippen molar-refractivity contribution in [3.63, 3.8) is 0 Å². The quantitative estimate of drug-likeness (QED) is 0.586. The van der Waals surface area contributed by atoms with Gasteiger partial charge in [0.05, 0.1) is 0 Å². The fourth-order valence-corrected chi connectivity index (χ4v) is 1.16. The Morgan fingerprint density at radius 3 is 2.58 bits per heavy atom. The number of carbonyl (C=O) groups is 1. The molecule has 0 aromatic heterocycles. The Balaban J connectivity index is 2.25. The molecule has 0 bridgehead atoms. The van der Waals surface area contributed by atoms with E-state index in [1.54, 1.807) is 0 Å². The third-order valence-corrected chi connectivity index (χ3v) is 1.75. The summed E-state index contributed by atoms with van der Waals surface area (Å²) < 4.78 is 9.74. The van der Waals surface area contributed by atoms with E-state index >= 15 is 0 Å². The molecular formula is C9H8O3. The van der Waals surface area contributed by atoms with Gasteiger partial charge in [-0.15, -0.1) is 0 Å². The van der Waals surface area contributed by atoms with Gasteiger partial charge in [-0.2, -0.15) is 0 Å². The maximum Gasteiger partial charge on any atom is 0.342 e. The SMILES string of the molecule is O=C1OCO[C@H]1c1ccccc1. The first kappa shape index (κ1) is 7.31. The van der Waals surface area contributed by atoms with Gasteiger partial charge in [-0.25, -0.2) is 4.79 Å². The zero-order chi connectivity index (χ0) is 8.39. The van der Waals surface area contributed by atoms with Crippen LogP contribution < -0.4 is 0 Å². The minimum atomic E-state index is -0.522. The van der Waals surface area contributed by atoms with Crippen LogP contribution in [0.25, 0.3) is 0 Å². The highest BCUT2D eigenvalue weighted by atomic mass is 16.7. The van der Waals surface area contributed by atoms with E-state index in [0.29, 0.717) is 0 Å². The summed E-state index contributed by atoms with van der Waals surface area (Å²) in [5, 5.41) is 0. The smallest absolute Gasteiger partial charge is 0.342 e. The Hall–Kier alpha value is -1.35. The van der Waals surface area contributed by atoms with Gasteiger partial charge in [-0.1, -0.05) is 30.3 Å². The van der Waals surface area contributed by atoms with E-state index in [1.165, 1.54) is 0 Å². The van der Waals surface area contributed by atoms with Crippen molar-refractivity contribution in [3.8, 4) is 0 Å². The van der Waals surface area contributed by atoms with Gasteiger partial charge in [-0.3, -0.25) is 0 Å². The van der Waals surface area contributed by atoms with Crippen molar-refractivity contribution >= 4 is 5.97 Å². The lowest BCUT2D eigenvalue weighted by atomic mass is 10.1. The zero-order valence-electron chi connectivity index (χ0n) is 6.40. The van der Waals surface area contributed by atoms with E-state index in [9.17, 15) is 4.79 Å². The topological polar surface area (TPSA) is 35.5 Å². The van der Waals surface area contributed by atoms with Crippen LogP contribution in [-0.2, 0) is 14.3 Å². The molecule has 1 aliphatic rings. The second kappa shape index (κ2) is 2.95. The Labute approximate surface area is 69.9 Å². The molecule has 1 heterocycles. The fourth-order valence-electron chi connectivity index (χ4n) is 1.16. The number of cyclic esters (lactones) is 1. The summed E-state index contributed by atoms with van der Waals surface area (Å²) in [4.78, 5) is 11.0. The standard InChI is InChI=1S/C9H8O3/c10-9-8(11-6-12-9)7-4-2-1-3-5-7/h1-5,8H,6H2/t8-/m0/s1. The van der Waals surface area contributed by atoms with Gasteiger partial charge in [0.2, 0.25) is 0 Å². The second-order valence-electron chi connectivity index (χ2n) is 2.54. The Kier molecular flexibility index (Phi) is 1.80. The summed E-state index contributed by atoms with van der Waals surface area (Å²) in [5.74, 6) is -0.304. The van der Waals surface area contributed by atoms with Crippen LogP contribution in [0.5, 0.6) is 0 Å². The molecule has 0 aliphatic carbocycles. The van der Waals surface area contributed by atoms with E-state index < -0.39 is 6.10 Å². The molecular weight excluding hydrogens is 156 g/mol. The van der Waals surface area contributed by atoms with Crippen molar-refractivity contribution in [2.75, 3.05) is 6.79 Å². The van der Waals surface area contributed by atoms with Gasteiger partial charge in [0.15, 0.2) is 12.9 Å². The molecule has 2 rings (SSSR count). The zero-order valence-corrected chi connectivity index (χ0v) is 6.40. The van der Waals surface area contributed by atoms with E-state index in [-0.39, 0.29) is 12.8 Å². The van der Waals surface area contributed by atoms with Crippen LogP contribution in [0, 0.1) is 0 Å². The molecule has 0 unspecified atom stereocenters. The van der Waals surface area contributed by atoms with Gasteiger partial charge >= 0.3 is 5.97 Å². The summed E-state index contributed by atoms with van der Waals surface area (Å²) in [6.45, 7) is 0.0679. The Morgan fingerprint density at radius 2 is 2.00 bits per heavy atom. The summed E-state index contributed by atoms with van der Waals surface area (Å²) in [6.07, 6.45) is -0.522. The first-order chi connectivity index (χ1) is 5.88. The normalized spacial score (nSPS) is 22.3. The molecule has 12 heavy (non-hydrogen) atoms. The number of esters is 1. The molecule has 1 aromatic carbocycles. The lowest BCUT2D eigenvalue weighted by molar-refractivity contribution is -0.139. The van der Waals surface area contributed by atoms with Crippen molar-refractivity contribution in [1.82, 2.24) is 0 Å². The van der Waals surface area contributed by atoms with Crippen molar-refractivity contribution < 1.29 is 14.3 Å². The monoisotopic (exact) mass is 164 g/mol. The molecule has 0 amide bonds. The molecule has 3 nitrogen and oxygen atoms in total. The largest absolute Gasteiger partial charge is 0.436 e. The predicted octanol–water partition coefficient (Wildman–Crippen LogP) is 1.26. The van der Waals surface area contributed by atoms with Crippen molar-refractivity contribution in [2.45, 2.75) is 6.10 Å². The van der Waals surface area contributed by atoms with E-state index in [4.69, 9.17) is 4.74 Å². The third kappa shape index (κ3) is 1.19. The lowest BCUT2D eigenvalue weighted by Crippen LogP contribution is -2.06. The van der Waals surface area contributed by atoms with Gasteiger partial charge in [0.1, 0.15) is 0 Å². The van der Waals surface area contributed by atoms with Crippen LogP contribution in [-0.4, -0.2) is 12.8 Å². The van der Waals surface area contributed by atoms with Gasteiger partial charge < -0.3 is 9.47 Å². The highest BCUT2D eigenvalue weighted by Gasteiger charge is 2.28. The van der Waals surface area contributed by atoms with Gasteiger partial charge in [0, 0.05) is 0 Å². The van der Waals surface area contributed by atoms with Crippen molar-refractivity contribution in [3.05, 3.63) is 35.9 Å². The maximum absolute atomic E-state index is 11.0. The summed E-state index contributed by atoms with van der Waals surface area (Å²) in [7, 11) is 0. The number of benzene rings is 1. The highest BCUT2D eigenvalue weighted by molar-refractivity contribution is 5.77. The summed E-state index contributed by atoms with van der Waals surface area (Å²) >= 11 is 0. The predicted molar refractivity (Wildman–Crippen MR) is 41.2 cm³/mol. The van der Waals surface area contributed by atoms with E-state index in [0.717, 1.165) is 5.56 Å². The summed E-state index contributed by atoms with van der Waals surface area (Å²) in [6, 6.07) is 9.31. The molecule has 1 saturated heterocycles. The molecule has 0 saturated carbocycles. The number of hydrogen-bond acceptors (Lipinski definition) is 3. The highest BCUT2D eigenvalue weighted by Crippen LogP contribution is 2.22. The number of ether oxygens (including phenoxy) is 2. The Morgan fingerprint density at radius 1 is 1.25 bits per heavy atom. The fraction of sp³-hybridized carbons (Fsp3) is 0.222. The second-order valence-corrected chi connectivity index (χ2v) is 2.54. The molecule has 1 atom stereocenters. The van der Waals surface area contributed by atoms with E-state index in [1.807, 2.05) is 30.3 Å². The molecule has 1 aliphatic heterocycles. The van der Waals surface area contributed by atoms with Gasteiger partial charge in [0.25, 0.3) is 0 Å². The lowest BCUT2D eigenvalue weighted by Gasteiger charge is -2.03. The minimum Gasteiger partial charge on any atom is -0.436 e. The van der Waals surface area contributed by atoms with E-state index in [2.05, 4.69) is 4.74 Å². The van der Waals surface area contributed by atoms with Crippen molar-refractivity contribution in [2.24, 2.45) is 0 Å². The molecule has 62 valence electrons. The average Bonchev–Trinajstić information content (AvgIpc) is 2.53. The first-order valence-electron chi connectivity index (χ1n) is 3.71. The average molecular weight is 164 g/mol. The minimum absolute atomic E-state index is 0.0679. The molecule has 1 fully saturated rings. The number of rotatable bonds is 1. The number of hydrogen-bond donors (Lipinski definition) is 0. The van der Waals surface area contributed by atoms with Crippen LogP contribution in [0.2, 0.25) is 0 Å². The van der Waals surface area contributed by atoms with Crippen LogP contribution in [0.15, 0.2) is 30.3 Å². The number of carbonyl (C=O) groups excluding carboxylic acids is 1. The van der Waals surface area contributed by atoms with Crippen LogP contribution in [0.3, 0.4) is 0 Å².